The van der Waals surface area contributed by atoms with Crippen molar-refractivity contribution in [3.8, 4) is 0 Å². The van der Waals surface area contributed by atoms with Gasteiger partial charge in [-0.05, 0) is 0 Å². The third kappa shape index (κ3) is 6.23. The molecular formula is C30H28N2Se2. The van der Waals surface area contributed by atoms with Crippen LogP contribution in [0.15, 0.2) is 107 Å². The number of hydrogen-bond acceptors (Lipinski definition) is 2. The van der Waals surface area contributed by atoms with Gasteiger partial charge in [-0.15, -0.1) is 0 Å². The van der Waals surface area contributed by atoms with E-state index in [0.717, 1.165) is 20.6 Å². The molecular weight excluding hydrogens is 546 g/mol. The van der Waals surface area contributed by atoms with Crippen molar-refractivity contribution < 1.29 is 0 Å². The van der Waals surface area contributed by atoms with Crippen molar-refractivity contribution in [1.29, 1.82) is 0 Å². The second kappa shape index (κ2) is 11.6. The predicted octanol–water partition coefficient (Wildman–Crippen LogP) is 5.74. The summed E-state index contributed by atoms with van der Waals surface area (Å²) >= 11 is 0.0594. The Morgan fingerprint density at radius 2 is 0.765 bits per heavy atom. The quantitative estimate of drug-likeness (QED) is 0.199. The van der Waals surface area contributed by atoms with Crippen LogP contribution in [0.25, 0.3) is 0 Å². The minimum absolute atomic E-state index is 0.0297. The van der Waals surface area contributed by atoms with Crippen LogP contribution in [0.3, 0.4) is 0 Å². The maximum atomic E-state index is 5.33. The van der Waals surface area contributed by atoms with Crippen LogP contribution in [0.2, 0.25) is 0 Å². The summed E-state index contributed by atoms with van der Waals surface area (Å²) in [4.78, 5) is 10.7. The Balaban J connectivity index is 1.91. The Kier molecular flexibility index (Phi) is 8.32. The van der Waals surface area contributed by atoms with Crippen molar-refractivity contribution in [1.82, 2.24) is 0 Å². The molecule has 34 heavy (non-hydrogen) atoms. The summed E-state index contributed by atoms with van der Waals surface area (Å²) < 4.78 is 4.81. The molecule has 0 saturated carbocycles. The maximum absolute atomic E-state index is 5.33. The second-order valence-corrected chi connectivity index (χ2v) is 12.6. The fourth-order valence-electron chi connectivity index (χ4n) is 3.60. The van der Waals surface area contributed by atoms with E-state index in [1.165, 1.54) is 31.2 Å². The van der Waals surface area contributed by atoms with Gasteiger partial charge in [-0.1, -0.05) is 0 Å². The van der Waals surface area contributed by atoms with Crippen LogP contribution in [0.1, 0.15) is 22.3 Å². The molecule has 0 radical (unpaired) electrons. The molecule has 0 aliphatic rings. The Morgan fingerprint density at radius 1 is 0.441 bits per heavy atom. The summed E-state index contributed by atoms with van der Waals surface area (Å²) in [6.45, 7) is 8.57. The predicted molar refractivity (Wildman–Crippen MR) is 150 cm³/mol. The van der Waals surface area contributed by atoms with Gasteiger partial charge in [0.2, 0.25) is 0 Å². The van der Waals surface area contributed by atoms with Crippen molar-refractivity contribution >= 4 is 59.4 Å². The average molecular weight is 574 g/mol. The molecule has 0 saturated heterocycles. The molecule has 170 valence electrons. The average Bonchev–Trinajstić information content (AvgIpc) is 2.84. The van der Waals surface area contributed by atoms with E-state index < -0.39 is 0 Å². The first kappa shape index (κ1) is 24.4. The van der Waals surface area contributed by atoms with E-state index in [1.54, 1.807) is 0 Å². The molecule has 0 amide bonds. The molecule has 4 aromatic rings. The molecule has 0 unspecified atom stereocenters. The van der Waals surface area contributed by atoms with Gasteiger partial charge in [0.05, 0.1) is 0 Å². The van der Waals surface area contributed by atoms with Crippen molar-refractivity contribution in [2.45, 2.75) is 27.7 Å². The van der Waals surface area contributed by atoms with Gasteiger partial charge in [-0.2, -0.15) is 0 Å². The number of benzene rings is 4. The van der Waals surface area contributed by atoms with Gasteiger partial charge in [-0.3, -0.25) is 0 Å². The summed E-state index contributed by atoms with van der Waals surface area (Å²) in [6.07, 6.45) is 0. The zero-order valence-electron chi connectivity index (χ0n) is 19.9. The SMILES string of the molecule is Cc1cccc(C)c1/N=C([Se]c1ccccc1)/C(=N/c1c(C)cccc1C)[Se]c1ccccc1. The van der Waals surface area contributed by atoms with Crippen LogP contribution in [-0.2, 0) is 0 Å². The van der Waals surface area contributed by atoms with E-state index in [1.807, 2.05) is 0 Å². The molecule has 0 aliphatic heterocycles. The number of nitrogens with zero attached hydrogens (tertiary/aromatic N) is 2. The van der Waals surface area contributed by atoms with Gasteiger partial charge in [0.15, 0.2) is 0 Å². The van der Waals surface area contributed by atoms with Crippen molar-refractivity contribution in [2.75, 3.05) is 0 Å². The Labute approximate surface area is 215 Å². The summed E-state index contributed by atoms with van der Waals surface area (Å²) in [7, 11) is 0. The number of aryl methyl sites for hydroxylation is 4. The first-order chi connectivity index (χ1) is 16.5. The molecule has 4 heteroatoms. The van der Waals surface area contributed by atoms with E-state index in [4.69, 9.17) is 9.98 Å². The molecule has 0 heterocycles. The topological polar surface area (TPSA) is 24.7 Å². The van der Waals surface area contributed by atoms with E-state index in [0.29, 0.717) is 0 Å². The van der Waals surface area contributed by atoms with Crippen LogP contribution in [-0.4, -0.2) is 39.1 Å². The zero-order valence-corrected chi connectivity index (χ0v) is 23.4. The van der Waals surface area contributed by atoms with Gasteiger partial charge >= 0.3 is 216 Å². The Hall–Kier alpha value is -2.74. The molecule has 0 N–H and O–H groups in total. The molecule has 4 aromatic carbocycles. The van der Waals surface area contributed by atoms with Gasteiger partial charge < -0.3 is 0 Å². The number of rotatable bonds is 7. The van der Waals surface area contributed by atoms with Crippen LogP contribution < -0.4 is 8.92 Å². The van der Waals surface area contributed by atoms with Crippen molar-refractivity contribution in [3.63, 3.8) is 0 Å². The van der Waals surface area contributed by atoms with Crippen LogP contribution in [0.5, 0.6) is 0 Å². The first-order valence-corrected chi connectivity index (χ1v) is 14.7. The molecule has 4 rings (SSSR count). The summed E-state index contributed by atoms with van der Waals surface area (Å²) in [5, 5.41) is 0. The Bertz CT molecular complexity index is 1180. The molecule has 2 nitrogen and oxygen atoms in total. The van der Waals surface area contributed by atoms with E-state index >= 15 is 0 Å². The normalized spacial score (nSPS) is 12.1. The van der Waals surface area contributed by atoms with Crippen molar-refractivity contribution in [3.05, 3.63) is 119 Å². The molecule has 0 aliphatic carbocycles. The molecule has 0 fully saturated rings. The summed E-state index contributed by atoms with van der Waals surface area (Å²) in [5.74, 6) is 0. The number of para-hydroxylation sites is 2. The summed E-state index contributed by atoms with van der Waals surface area (Å²) in [5.41, 5.74) is 6.90. The second-order valence-electron chi connectivity index (χ2n) is 8.14. The van der Waals surface area contributed by atoms with Crippen molar-refractivity contribution in [2.24, 2.45) is 9.98 Å². The first-order valence-electron chi connectivity index (χ1n) is 11.3. The third-order valence-electron chi connectivity index (χ3n) is 5.40. The van der Waals surface area contributed by atoms with Crippen LogP contribution >= 0.6 is 0 Å². The Morgan fingerprint density at radius 3 is 1.09 bits per heavy atom. The van der Waals surface area contributed by atoms with Gasteiger partial charge in [0, 0.05) is 0 Å². The van der Waals surface area contributed by atoms with E-state index in [-0.39, 0.29) is 29.9 Å². The minimum atomic E-state index is 0.0297. The van der Waals surface area contributed by atoms with E-state index in [9.17, 15) is 0 Å². The molecule has 0 spiro atoms. The van der Waals surface area contributed by atoms with Crippen LogP contribution in [0.4, 0.5) is 11.4 Å². The number of aliphatic imine (C=N–C) groups is 2. The van der Waals surface area contributed by atoms with E-state index in [2.05, 4.69) is 125 Å². The molecule has 0 aromatic heterocycles. The van der Waals surface area contributed by atoms with Gasteiger partial charge in [-0.25, -0.2) is 0 Å². The van der Waals surface area contributed by atoms with Gasteiger partial charge in [0.1, 0.15) is 0 Å². The zero-order chi connectivity index (χ0) is 23.9. The number of hydrogen-bond donors (Lipinski definition) is 0. The monoisotopic (exact) mass is 576 g/mol. The molecule has 0 bridgehead atoms. The fraction of sp³-hybridized carbons (Fsp3) is 0.133. The van der Waals surface area contributed by atoms with Crippen LogP contribution in [0, 0.1) is 27.7 Å². The fourth-order valence-corrected chi connectivity index (χ4v) is 7.80. The standard InChI is InChI=1S/C30H28N2Se2/c1-21-13-11-14-22(2)27(21)31-29(33-25-17-7-5-8-18-25)30(34-26-19-9-6-10-20-26)32-28-23(3)15-12-16-24(28)4/h5-20H,1-4H3/b31-29-,32-30-. The van der Waals surface area contributed by atoms with Gasteiger partial charge in [0.25, 0.3) is 0 Å². The third-order valence-corrected chi connectivity index (χ3v) is 10.2. The summed E-state index contributed by atoms with van der Waals surface area (Å²) in [6, 6.07) is 34.2. The molecule has 0 atom stereocenters.